The fourth-order valence-corrected chi connectivity index (χ4v) is 0.375. The molecule has 2 nitrogen and oxygen atoms in total. The Morgan fingerprint density at radius 3 is 2.33 bits per heavy atom. The molecule has 0 aromatic carbocycles. The van der Waals surface area contributed by atoms with Gasteiger partial charge in [-0.25, -0.2) is 0 Å². The highest BCUT2D eigenvalue weighted by Gasteiger charge is 2.24. The molecule has 0 bridgehead atoms. The predicted octanol–water partition coefficient (Wildman–Crippen LogP) is -0.234. The molecule has 1 fully saturated rings. The van der Waals surface area contributed by atoms with E-state index in [0.717, 1.165) is 0 Å². The fraction of sp³-hybridized carbons (Fsp3) is 1.00. The first-order valence-electron chi connectivity index (χ1n) is 2.10. The largest absolute Gasteiger partial charge is 0.388 e. The summed E-state index contributed by atoms with van der Waals surface area (Å²) < 4.78 is 4.79. The van der Waals surface area contributed by atoms with E-state index in [4.69, 9.17) is 9.84 Å². The van der Waals surface area contributed by atoms with Crippen molar-refractivity contribution in [3.63, 3.8) is 0 Å². The van der Waals surface area contributed by atoms with E-state index >= 15 is 0 Å². The van der Waals surface area contributed by atoms with Crippen LogP contribution in [0.5, 0.6) is 0 Å². The van der Waals surface area contributed by atoms with Crippen molar-refractivity contribution in [2.24, 2.45) is 0 Å². The zero-order valence-corrected chi connectivity index (χ0v) is 3.72. The number of hydrogen-bond acceptors (Lipinski definition) is 2. The van der Waals surface area contributed by atoms with Crippen molar-refractivity contribution in [3.05, 3.63) is 0 Å². The van der Waals surface area contributed by atoms with Crippen LogP contribution in [0.15, 0.2) is 0 Å². The molecule has 0 radical (unpaired) electrons. The Hall–Kier alpha value is -0.0800. The van der Waals surface area contributed by atoms with Crippen LogP contribution in [0.4, 0.5) is 0 Å². The SMILES string of the molecule is C[C@H]1OC[C@@H]1O. The summed E-state index contributed by atoms with van der Waals surface area (Å²) >= 11 is 0. The van der Waals surface area contributed by atoms with Crippen molar-refractivity contribution < 1.29 is 9.84 Å². The first-order chi connectivity index (χ1) is 2.80. The van der Waals surface area contributed by atoms with Gasteiger partial charge in [0.25, 0.3) is 0 Å². The molecular weight excluding hydrogens is 80.0 g/mol. The molecule has 0 unspecified atom stereocenters. The maximum Gasteiger partial charge on any atom is 0.103 e. The van der Waals surface area contributed by atoms with Crippen LogP contribution in [0, 0.1) is 0 Å². The minimum Gasteiger partial charge on any atom is -0.388 e. The second-order valence-corrected chi connectivity index (χ2v) is 1.61. The van der Waals surface area contributed by atoms with Crippen molar-refractivity contribution in [2.45, 2.75) is 19.1 Å². The Morgan fingerprint density at radius 1 is 1.83 bits per heavy atom. The van der Waals surface area contributed by atoms with Gasteiger partial charge < -0.3 is 9.84 Å². The Balaban J connectivity index is 2.20. The van der Waals surface area contributed by atoms with E-state index < -0.39 is 0 Å². The maximum absolute atomic E-state index is 8.59. The summed E-state index contributed by atoms with van der Waals surface area (Å²) in [5.41, 5.74) is 0. The average molecular weight is 88.1 g/mol. The Kier molecular flexibility index (Phi) is 0.821. The Morgan fingerprint density at radius 2 is 2.33 bits per heavy atom. The molecule has 1 aliphatic rings. The van der Waals surface area contributed by atoms with Crippen molar-refractivity contribution >= 4 is 0 Å². The van der Waals surface area contributed by atoms with Gasteiger partial charge in [0.05, 0.1) is 12.7 Å². The van der Waals surface area contributed by atoms with Gasteiger partial charge in [0.1, 0.15) is 6.10 Å². The second kappa shape index (κ2) is 1.21. The molecule has 6 heavy (non-hydrogen) atoms. The Bertz CT molecular complexity index is 45.5. The zero-order chi connectivity index (χ0) is 4.57. The van der Waals surface area contributed by atoms with E-state index in [-0.39, 0.29) is 12.2 Å². The molecule has 0 spiro atoms. The predicted molar refractivity (Wildman–Crippen MR) is 21.4 cm³/mol. The van der Waals surface area contributed by atoms with E-state index in [1.165, 1.54) is 0 Å². The molecule has 1 aliphatic heterocycles. The van der Waals surface area contributed by atoms with Crippen LogP contribution in [-0.2, 0) is 4.74 Å². The highest BCUT2D eigenvalue weighted by atomic mass is 16.5. The number of aliphatic hydroxyl groups excluding tert-OH is 1. The fourth-order valence-electron chi connectivity index (χ4n) is 0.375. The molecule has 1 N–H and O–H groups in total. The van der Waals surface area contributed by atoms with E-state index in [1.807, 2.05) is 6.92 Å². The van der Waals surface area contributed by atoms with Crippen LogP contribution in [0.1, 0.15) is 6.92 Å². The summed E-state index contributed by atoms with van der Waals surface area (Å²) in [6.07, 6.45) is -0.102. The monoisotopic (exact) mass is 88.1 g/mol. The molecule has 0 amide bonds. The highest BCUT2D eigenvalue weighted by molar-refractivity contribution is 4.71. The van der Waals surface area contributed by atoms with Crippen LogP contribution in [0.25, 0.3) is 0 Å². The molecule has 0 aliphatic carbocycles. The summed E-state index contributed by atoms with van der Waals surface area (Å²) in [6, 6.07) is 0. The number of aliphatic hydroxyl groups is 1. The first-order valence-corrected chi connectivity index (χ1v) is 2.10. The zero-order valence-electron chi connectivity index (χ0n) is 3.72. The van der Waals surface area contributed by atoms with Crippen molar-refractivity contribution in [3.8, 4) is 0 Å². The summed E-state index contributed by atoms with van der Waals surface area (Å²) in [6.45, 7) is 2.38. The highest BCUT2D eigenvalue weighted by Crippen LogP contribution is 2.09. The molecule has 0 aromatic rings. The van der Waals surface area contributed by atoms with Crippen LogP contribution in [0.3, 0.4) is 0 Å². The van der Waals surface area contributed by atoms with Crippen LogP contribution in [0.2, 0.25) is 0 Å². The minimum absolute atomic E-state index is 0.0880. The summed E-state index contributed by atoms with van der Waals surface area (Å²) in [4.78, 5) is 0. The lowest BCUT2D eigenvalue weighted by atomic mass is 10.2. The third kappa shape index (κ3) is 0.420. The smallest absolute Gasteiger partial charge is 0.103 e. The molecule has 2 atom stereocenters. The van der Waals surface area contributed by atoms with Crippen LogP contribution < -0.4 is 0 Å². The summed E-state index contributed by atoms with van der Waals surface area (Å²) in [5, 5.41) is 8.59. The van der Waals surface area contributed by atoms with Gasteiger partial charge in [-0.1, -0.05) is 0 Å². The quantitative estimate of drug-likeness (QED) is 0.443. The lowest BCUT2D eigenvalue weighted by Gasteiger charge is -2.28. The summed E-state index contributed by atoms with van der Waals surface area (Å²) in [7, 11) is 0. The number of hydrogen-bond donors (Lipinski definition) is 1. The summed E-state index contributed by atoms with van der Waals surface area (Å²) in [5.74, 6) is 0. The number of rotatable bonds is 0. The maximum atomic E-state index is 8.59. The lowest BCUT2D eigenvalue weighted by Crippen LogP contribution is -2.42. The average Bonchev–Trinajstić information content (AvgIpc) is 1.61. The van der Waals surface area contributed by atoms with Crippen LogP contribution in [-0.4, -0.2) is 23.9 Å². The third-order valence-electron chi connectivity index (χ3n) is 1.07. The van der Waals surface area contributed by atoms with Gasteiger partial charge in [0.15, 0.2) is 0 Å². The van der Waals surface area contributed by atoms with E-state index in [9.17, 15) is 0 Å². The molecule has 0 saturated carbocycles. The van der Waals surface area contributed by atoms with Crippen molar-refractivity contribution in [2.75, 3.05) is 6.61 Å². The molecule has 2 heteroatoms. The topological polar surface area (TPSA) is 29.5 Å². The standard InChI is InChI=1S/C4H8O2/c1-3-4(5)2-6-3/h3-5H,2H2,1H3/t3-,4+/m1/s1. The van der Waals surface area contributed by atoms with Gasteiger partial charge >= 0.3 is 0 Å². The van der Waals surface area contributed by atoms with Crippen molar-refractivity contribution in [1.82, 2.24) is 0 Å². The Labute approximate surface area is 36.7 Å². The minimum atomic E-state index is -0.190. The molecule has 1 saturated heterocycles. The molecular formula is C4H8O2. The molecule has 1 rings (SSSR count). The van der Waals surface area contributed by atoms with E-state index in [1.54, 1.807) is 0 Å². The normalized spacial score (nSPS) is 45.0. The third-order valence-corrected chi connectivity index (χ3v) is 1.07. The first kappa shape index (κ1) is 4.09. The van der Waals surface area contributed by atoms with E-state index in [0.29, 0.717) is 6.61 Å². The van der Waals surface area contributed by atoms with Gasteiger partial charge in [-0.05, 0) is 6.92 Å². The van der Waals surface area contributed by atoms with Gasteiger partial charge in [0, 0.05) is 0 Å². The molecule has 1 heterocycles. The second-order valence-electron chi connectivity index (χ2n) is 1.61. The molecule has 36 valence electrons. The molecule has 0 aromatic heterocycles. The van der Waals surface area contributed by atoms with Gasteiger partial charge in [-0.15, -0.1) is 0 Å². The lowest BCUT2D eigenvalue weighted by molar-refractivity contribution is -0.152. The van der Waals surface area contributed by atoms with Gasteiger partial charge in [0.2, 0.25) is 0 Å². The van der Waals surface area contributed by atoms with Crippen LogP contribution >= 0.6 is 0 Å². The number of ether oxygens (including phenoxy) is 1. The van der Waals surface area contributed by atoms with Gasteiger partial charge in [-0.2, -0.15) is 0 Å². The van der Waals surface area contributed by atoms with Crippen molar-refractivity contribution in [1.29, 1.82) is 0 Å². The van der Waals surface area contributed by atoms with Gasteiger partial charge in [-0.3, -0.25) is 0 Å². The van der Waals surface area contributed by atoms with E-state index in [2.05, 4.69) is 0 Å².